The van der Waals surface area contributed by atoms with Gasteiger partial charge in [-0.25, -0.2) is 15.0 Å². The van der Waals surface area contributed by atoms with E-state index in [1.54, 1.807) is 18.2 Å². The molecule has 4 rings (SSSR count). The monoisotopic (exact) mass is 467 g/mol. The van der Waals surface area contributed by atoms with E-state index in [0.29, 0.717) is 28.4 Å². The molecule has 152 valence electrons. The third kappa shape index (κ3) is 3.99. The molecule has 10 heteroatoms. The summed E-state index contributed by atoms with van der Waals surface area (Å²) >= 11 is 3.35. The summed E-state index contributed by atoms with van der Waals surface area (Å²) < 4.78 is 3.51. The number of carbonyl (C=O) groups is 1. The van der Waals surface area contributed by atoms with Gasteiger partial charge in [-0.05, 0) is 45.0 Å². The maximum atomic E-state index is 12.7. The standard InChI is InChI=1S/C20H18BrN7O2/c1-11-6-12(2)24-20(23-11)28-17(7-13(3)26-28)25-18(29)9-27-10-22-16-5-4-14(21)8-15(16)19(27)30/h4-8,10H,9H2,1-3H3,(H,25,29). The maximum absolute atomic E-state index is 12.7. The van der Waals surface area contributed by atoms with Gasteiger partial charge in [-0.1, -0.05) is 15.9 Å². The molecular weight excluding hydrogens is 450 g/mol. The molecule has 0 unspecified atom stereocenters. The third-order valence-electron chi connectivity index (χ3n) is 4.36. The molecule has 0 aliphatic rings. The van der Waals surface area contributed by atoms with Crippen molar-refractivity contribution in [2.45, 2.75) is 27.3 Å². The van der Waals surface area contributed by atoms with Crippen molar-refractivity contribution in [3.63, 3.8) is 0 Å². The van der Waals surface area contributed by atoms with E-state index >= 15 is 0 Å². The van der Waals surface area contributed by atoms with Crippen molar-refractivity contribution in [1.29, 1.82) is 0 Å². The van der Waals surface area contributed by atoms with Gasteiger partial charge in [0, 0.05) is 21.9 Å². The van der Waals surface area contributed by atoms with E-state index in [1.165, 1.54) is 15.6 Å². The second-order valence-electron chi connectivity index (χ2n) is 6.92. The predicted molar refractivity (Wildman–Crippen MR) is 116 cm³/mol. The quantitative estimate of drug-likeness (QED) is 0.494. The Morgan fingerprint density at radius 3 is 2.53 bits per heavy atom. The van der Waals surface area contributed by atoms with E-state index in [1.807, 2.05) is 32.9 Å². The minimum Gasteiger partial charge on any atom is -0.309 e. The summed E-state index contributed by atoms with van der Waals surface area (Å²) in [6, 6.07) is 8.82. The zero-order chi connectivity index (χ0) is 21.4. The average Bonchev–Trinajstić information content (AvgIpc) is 3.04. The Kier molecular flexibility index (Phi) is 5.17. The van der Waals surface area contributed by atoms with E-state index in [4.69, 9.17) is 0 Å². The molecule has 0 fully saturated rings. The van der Waals surface area contributed by atoms with Crippen molar-refractivity contribution in [1.82, 2.24) is 29.3 Å². The van der Waals surface area contributed by atoms with Crippen LogP contribution < -0.4 is 10.9 Å². The zero-order valence-electron chi connectivity index (χ0n) is 16.5. The van der Waals surface area contributed by atoms with Crippen LogP contribution in [0.2, 0.25) is 0 Å². The van der Waals surface area contributed by atoms with E-state index in [9.17, 15) is 9.59 Å². The Labute approximate surface area is 179 Å². The number of aromatic nitrogens is 6. The summed E-state index contributed by atoms with van der Waals surface area (Å²) in [5.41, 5.74) is 2.56. The molecule has 0 saturated carbocycles. The highest BCUT2D eigenvalue weighted by molar-refractivity contribution is 9.10. The number of anilines is 1. The van der Waals surface area contributed by atoms with Gasteiger partial charge in [-0.3, -0.25) is 14.2 Å². The van der Waals surface area contributed by atoms with Gasteiger partial charge in [0.2, 0.25) is 5.91 Å². The highest BCUT2D eigenvalue weighted by atomic mass is 79.9. The minimum absolute atomic E-state index is 0.188. The van der Waals surface area contributed by atoms with Gasteiger partial charge in [0.1, 0.15) is 12.4 Å². The topological polar surface area (TPSA) is 108 Å². The van der Waals surface area contributed by atoms with Gasteiger partial charge in [-0.2, -0.15) is 9.78 Å². The van der Waals surface area contributed by atoms with Crippen molar-refractivity contribution in [2.24, 2.45) is 0 Å². The summed E-state index contributed by atoms with van der Waals surface area (Å²) in [5, 5.41) is 7.61. The molecule has 0 saturated heterocycles. The molecule has 4 aromatic rings. The molecule has 0 aliphatic heterocycles. The second kappa shape index (κ2) is 7.79. The molecule has 0 aliphatic carbocycles. The molecule has 0 spiro atoms. The number of aryl methyl sites for hydroxylation is 3. The molecule has 1 N–H and O–H groups in total. The molecule has 1 amide bonds. The van der Waals surface area contributed by atoms with Crippen LogP contribution in [0.1, 0.15) is 17.1 Å². The van der Waals surface area contributed by atoms with Crippen LogP contribution in [-0.2, 0) is 11.3 Å². The number of fused-ring (bicyclic) bond motifs is 1. The Hall–Kier alpha value is -3.40. The van der Waals surface area contributed by atoms with Gasteiger partial charge in [0.05, 0.1) is 22.9 Å². The lowest BCUT2D eigenvalue weighted by Crippen LogP contribution is -2.28. The van der Waals surface area contributed by atoms with Gasteiger partial charge >= 0.3 is 0 Å². The number of amides is 1. The fourth-order valence-corrected chi connectivity index (χ4v) is 3.48. The lowest BCUT2D eigenvalue weighted by molar-refractivity contribution is -0.116. The normalized spacial score (nSPS) is 11.1. The number of carbonyl (C=O) groups excluding carboxylic acids is 1. The van der Waals surface area contributed by atoms with E-state index in [-0.39, 0.29) is 12.1 Å². The first-order chi connectivity index (χ1) is 14.3. The molecule has 0 bridgehead atoms. The van der Waals surface area contributed by atoms with E-state index in [0.717, 1.165) is 15.9 Å². The molecule has 30 heavy (non-hydrogen) atoms. The van der Waals surface area contributed by atoms with Crippen LogP contribution in [0.15, 0.2) is 45.9 Å². The predicted octanol–water partition coefficient (Wildman–Crippen LogP) is 2.70. The smallest absolute Gasteiger partial charge is 0.261 e. The van der Waals surface area contributed by atoms with Crippen LogP contribution in [-0.4, -0.2) is 35.2 Å². The van der Waals surface area contributed by atoms with Crippen molar-refractivity contribution < 1.29 is 4.79 Å². The van der Waals surface area contributed by atoms with E-state index in [2.05, 4.69) is 41.3 Å². The average molecular weight is 468 g/mol. The number of hydrogen-bond donors (Lipinski definition) is 1. The number of halogens is 1. The van der Waals surface area contributed by atoms with Gasteiger partial charge in [-0.15, -0.1) is 0 Å². The highest BCUT2D eigenvalue weighted by Gasteiger charge is 2.15. The van der Waals surface area contributed by atoms with Crippen LogP contribution in [0.25, 0.3) is 16.9 Å². The highest BCUT2D eigenvalue weighted by Crippen LogP contribution is 2.16. The maximum Gasteiger partial charge on any atom is 0.261 e. The lowest BCUT2D eigenvalue weighted by atomic mass is 10.2. The molecular formula is C20H18BrN7O2. The molecule has 3 aromatic heterocycles. The molecule has 0 atom stereocenters. The van der Waals surface area contributed by atoms with Crippen LogP contribution in [0, 0.1) is 20.8 Å². The van der Waals surface area contributed by atoms with Gasteiger partial charge in [0.15, 0.2) is 0 Å². The van der Waals surface area contributed by atoms with Crippen LogP contribution in [0.3, 0.4) is 0 Å². The van der Waals surface area contributed by atoms with Crippen LogP contribution in [0.5, 0.6) is 0 Å². The Morgan fingerprint density at radius 2 is 1.80 bits per heavy atom. The number of hydrogen-bond acceptors (Lipinski definition) is 6. The Bertz CT molecular complexity index is 1320. The van der Waals surface area contributed by atoms with Crippen LogP contribution in [0.4, 0.5) is 5.82 Å². The van der Waals surface area contributed by atoms with Crippen molar-refractivity contribution in [3.8, 4) is 5.95 Å². The van der Waals surface area contributed by atoms with Crippen molar-refractivity contribution in [3.05, 3.63) is 68.6 Å². The first kappa shape index (κ1) is 19.9. The summed E-state index contributed by atoms with van der Waals surface area (Å²) in [6.07, 6.45) is 1.37. The lowest BCUT2D eigenvalue weighted by Gasteiger charge is -2.10. The Morgan fingerprint density at radius 1 is 1.07 bits per heavy atom. The second-order valence-corrected chi connectivity index (χ2v) is 7.84. The fourth-order valence-electron chi connectivity index (χ4n) is 3.12. The number of nitrogens with zero attached hydrogens (tertiary/aromatic N) is 6. The summed E-state index contributed by atoms with van der Waals surface area (Å²) in [7, 11) is 0. The Balaban J connectivity index is 1.62. The van der Waals surface area contributed by atoms with E-state index < -0.39 is 5.91 Å². The number of nitrogens with one attached hydrogen (secondary N) is 1. The molecule has 1 aromatic carbocycles. The molecule has 9 nitrogen and oxygen atoms in total. The van der Waals surface area contributed by atoms with Gasteiger partial charge in [0.25, 0.3) is 11.5 Å². The first-order valence-corrected chi connectivity index (χ1v) is 9.93. The van der Waals surface area contributed by atoms with Gasteiger partial charge < -0.3 is 5.32 Å². The molecule has 3 heterocycles. The zero-order valence-corrected chi connectivity index (χ0v) is 18.1. The van der Waals surface area contributed by atoms with Crippen molar-refractivity contribution in [2.75, 3.05) is 5.32 Å². The first-order valence-electron chi connectivity index (χ1n) is 9.14. The minimum atomic E-state index is -0.390. The molecule has 0 radical (unpaired) electrons. The number of rotatable bonds is 4. The largest absolute Gasteiger partial charge is 0.309 e. The third-order valence-corrected chi connectivity index (χ3v) is 4.85. The summed E-state index contributed by atoms with van der Waals surface area (Å²) in [4.78, 5) is 38.4. The van der Waals surface area contributed by atoms with Crippen LogP contribution >= 0.6 is 15.9 Å². The van der Waals surface area contributed by atoms with Crippen molar-refractivity contribution >= 4 is 38.6 Å². The SMILES string of the molecule is Cc1cc(C)nc(-n2nc(C)cc2NC(=O)Cn2cnc3ccc(Br)cc3c2=O)n1. The summed E-state index contributed by atoms with van der Waals surface area (Å²) in [6.45, 7) is 5.35. The number of benzene rings is 1. The fraction of sp³-hybridized carbons (Fsp3) is 0.200. The summed E-state index contributed by atoms with van der Waals surface area (Å²) in [5.74, 6) is 0.399.